The molecule has 0 unspecified atom stereocenters. The van der Waals surface area contributed by atoms with Gasteiger partial charge in [0.1, 0.15) is 0 Å². The van der Waals surface area contributed by atoms with Crippen LogP contribution in [0.3, 0.4) is 0 Å². The summed E-state index contributed by atoms with van der Waals surface area (Å²) >= 11 is 0. The minimum atomic E-state index is -4.49. The second kappa shape index (κ2) is 5.56. The van der Waals surface area contributed by atoms with Crippen LogP contribution in [0.25, 0.3) is 5.69 Å². The van der Waals surface area contributed by atoms with Crippen molar-refractivity contribution in [2.45, 2.75) is 19.0 Å². The van der Waals surface area contributed by atoms with E-state index in [2.05, 4.69) is 10.2 Å². The lowest BCUT2D eigenvalue weighted by Gasteiger charge is -2.13. The van der Waals surface area contributed by atoms with E-state index < -0.39 is 17.7 Å². The Balaban J connectivity index is 2.03. The van der Waals surface area contributed by atoms with E-state index >= 15 is 0 Å². The van der Waals surface area contributed by atoms with Crippen molar-refractivity contribution in [1.29, 1.82) is 0 Å². The van der Waals surface area contributed by atoms with E-state index in [4.69, 9.17) is 0 Å². The van der Waals surface area contributed by atoms with E-state index in [-0.39, 0.29) is 17.2 Å². The van der Waals surface area contributed by atoms with Crippen LogP contribution >= 0.6 is 0 Å². The molecule has 1 aliphatic heterocycles. The fourth-order valence-corrected chi connectivity index (χ4v) is 2.50. The number of rotatable bonds is 3. The Morgan fingerprint density at radius 2 is 1.87 bits per heavy atom. The van der Waals surface area contributed by atoms with Crippen LogP contribution < -0.4 is 4.90 Å². The molecule has 0 atom stereocenters. The maximum Gasteiger partial charge on any atom is 0.416 e. The number of nitrogens with zero attached hydrogens (tertiary/aromatic N) is 4. The molecule has 2 heterocycles. The van der Waals surface area contributed by atoms with Crippen molar-refractivity contribution in [1.82, 2.24) is 15.0 Å². The number of carbonyl (C=O) groups is 1. The van der Waals surface area contributed by atoms with Crippen molar-refractivity contribution in [2.75, 3.05) is 18.0 Å². The Bertz CT molecular complexity index is 736. The first-order chi connectivity index (χ1) is 10.9. The summed E-state index contributed by atoms with van der Waals surface area (Å²) in [5.74, 6) is -1.07. The first kappa shape index (κ1) is 15.3. The molecule has 122 valence electrons. The average Bonchev–Trinajstić information content (AvgIpc) is 3.15. The highest BCUT2D eigenvalue weighted by molar-refractivity contribution is 5.91. The van der Waals surface area contributed by atoms with Crippen molar-refractivity contribution in [2.24, 2.45) is 0 Å². The molecule has 0 spiro atoms. The molecule has 0 saturated carbocycles. The highest BCUT2D eigenvalue weighted by Gasteiger charge is 2.31. The molecule has 0 amide bonds. The van der Waals surface area contributed by atoms with E-state index in [1.54, 1.807) is 4.90 Å². The van der Waals surface area contributed by atoms with Gasteiger partial charge in [-0.05, 0) is 31.0 Å². The van der Waals surface area contributed by atoms with E-state index in [9.17, 15) is 23.1 Å². The predicted octanol–water partition coefficient (Wildman–Crippen LogP) is 2.58. The van der Waals surface area contributed by atoms with E-state index in [0.717, 1.165) is 29.8 Å². The number of benzene rings is 1. The lowest BCUT2D eigenvalue weighted by molar-refractivity contribution is -0.137. The first-order valence-corrected chi connectivity index (χ1v) is 6.99. The van der Waals surface area contributed by atoms with Gasteiger partial charge in [0.15, 0.2) is 5.82 Å². The van der Waals surface area contributed by atoms with Gasteiger partial charge in [0, 0.05) is 13.1 Å². The van der Waals surface area contributed by atoms with Gasteiger partial charge >= 0.3 is 12.1 Å². The van der Waals surface area contributed by atoms with Crippen LogP contribution in [0.5, 0.6) is 0 Å². The summed E-state index contributed by atoms with van der Waals surface area (Å²) in [4.78, 5) is 14.0. The van der Waals surface area contributed by atoms with Crippen LogP contribution in [0, 0.1) is 0 Å². The highest BCUT2D eigenvalue weighted by atomic mass is 19.4. The van der Waals surface area contributed by atoms with Gasteiger partial charge in [-0.2, -0.15) is 13.2 Å². The predicted molar refractivity (Wildman–Crippen MR) is 74.8 cm³/mol. The summed E-state index contributed by atoms with van der Waals surface area (Å²) in [6, 6.07) is 4.46. The van der Waals surface area contributed by atoms with Gasteiger partial charge in [-0.1, -0.05) is 6.07 Å². The molecule has 1 saturated heterocycles. The van der Waals surface area contributed by atoms with Crippen LogP contribution in [-0.2, 0) is 6.18 Å². The normalized spacial score (nSPS) is 15.2. The van der Waals surface area contributed by atoms with Crippen LogP contribution in [0.4, 0.5) is 19.0 Å². The lowest BCUT2D eigenvalue weighted by Crippen LogP contribution is -2.20. The molecule has 23 heavy (non-hydrogen) atoms. The van der Waals surface area contributed by atoms with E-state index in [1.165, 1.54) is 12.1 Å². The van der Waals surface area contributed by atoms with Gasteiger partial charge in [-0.3, -0.25) is 0 Å². The standard InChI is InChI=1S/C14H13F3N4O2/c15-14(16,17)9-4-3-5-10(8-9)21-18-11(13(22)23)12(19-21)20-6-1-2-7-20/h3-5,8H,1-2,6-7H2,(H,22,23). The number of carboxylic acids is 1. The second-order valence-corrected chi connectivity index (χ2v) is 5.21. The molecule has 0 bridgehead atoms. The van der Waals surface area contributed by atoms with E-state index in [1.807, 2.05) is 0 Å². The molecule has 1 aliphatic rings. The number of anilines is 1. The first-order valence-electron chi connectivity index (χ1n) is 6.99. The molecule has 9 heteroatoms. The number of halogens is 3. The van der Waals surface area contributed by atoms with Gasteiger partial charge in [-0.25, -0.2) is 4.79 Å². The molecule has 0 aliphatic carbocycles. The molecular weight excluding hydrogens is 313 g/mol. The summed E-state index contributed by atoms with van der Waals surface area (Å²) in [5.41, 5.74) is -1.04. The van der Waals surface area contributed by atoms with Gasteiger partial charge < -0.3 is 10.0 Å². The van der Waals surface area contributed by atoms with Crippen molar-refractivity contribution in [3.05, 3.63) is 35.5 Å². The quantitative estimate of drug-likeness (QED) is 0.939. The number of aromatic carboxylic acids is 1. The van der Waals surface area contributed by atoms with Gasteiger partial charge in [0.2, 0.25) is 5.69 Å². The molecule has 0 radical (unpaired) electrons. The minimum absolute atomic E-state index is 0.0628. The number of carboxylic acid groups (broad SMARTS) is 1. The highest BCUT2D eigenvalue weighted by Crippen LogP contribution is 2.30. The molecular formula is C14H13F3N4O2. The lowest BCUT2D eigenvalue weighted by atomic mass is 10.2. The summed E-state index contributed by atoms with van der Waals surface area (Å²) in [6.45, 7) is 1.31. The fraction of sp³-hybridized carbons (Fsp3) is 0.357. The number of hydrogen-bond acceptors (Lipinski definition) is 4. The zero-order chi connectivity index (χ0) is 16.6. The molecule has 1 fully saturated rings. The zero-order valence-electron chi connectivity index (χ0n) is 11.9. The topological polar surface area (TPSA) is 71.2 Å². The van der Waals surface area contributed by atoms with Crippen LogP contribution in [0.1, 0.15) is 28.9 Å². The summed E-state index contributed by atoms with van der Waals surface area (Å²) in [5, 5.41) is 17.2. The zero-order valence-corrected chi connectivity index (χ0v) is 11.9. The largest absolute Gasteiger partial charge is 0.476 e. The molecule has 2 aromatic rings. The van der Waals surface area contributed by atoms with Gasteiger partial charge in [-0.15, -0.1) is 15.0 Å². The van der Waals surface area contributed by atoms with Crippen LogP contribution in [0.15, 0.2) is 24.3 Å². The Morgan fingerprint density at radius 3 is 2.48 bits per heavy atom. The Labute approximate surface area is 129 Å². The third kappa shape index (κ3) is 2.99. The molecule has 3 rings (SSSR count). The van der Waals surface area contributed by atoms with Crippen LogP contribution in [-0.4, -0.2) is 39.2 Å². The third-order valence-electron chi connectivity index (χ3n) is 3.61. The van der Waals surface area contributed by atoms with Crippen LogP contribution in [0.2, 0.25) is 0 Å². The summed E-state index contributed by atoms with van der Waals surface area (Å²) in [7, 11) is 0. The second-order valence-electron chi connectivity index (χ2n) is 5.21. The molecule has 6 nitrogen and oxygen atoms in total. The summed E-state index contributed by atoms with van der Waals surface area (Å²) < 4.78 is 38.4. The fourth-order valence-electron chi connectivity index (χ4n) is 2.50. The van der Waals surface area contributed by atoms with Crippen molar-refractivity contribution < 1.29 is 23.1 Å². The number of hydrogen-bond donors (Lipinski definition) is 1. The SMILES string of the molecule is O=C(O)c1nn(-c2cccc(C(F)(F)F)c2)nc1N1CCCC1. The third-order valence-corrected chi connectivity index (χ3v) is 3.61. The molecule has 1 aromatic heterocycles. The Kier molecular flexibility index (Phi) is 3.70. The maximum absolute atomic E-state index is 12.8. The van der Waals surface area contributed by atoms with Gasteiger partial charge in [0.25, 0.3) is 0 Å². The van der Waals surface area contributed by atoms with Crippen molar-refractivity contribution in [3.8, 4) is 5.69 Å². The number of alkyl halides is 3. The molecule has 1 aromatic carbocycles. The van der Waals surface area contributed by atoms with Crippen molar-refractivity contribution >= 4 is 11.8 Å². The average molecular weight is 326 g/mol. The van der Waals surface area contributed by atoms with Crippen molar-refractivity contribution in [3.63, 3.8) is 0 Å². The number of aromatic nitrogens is 3. The monoisotopic (exact) mass is 326 g/mol. The minimum Gasteiger partial charge on any atom is -0.476 e. The van der Waals surface area contributed by atoms with E-state index in [0.29, 0.717) is 13.1 Å². The Hall–Kier alpha value is -2.58. The molecule has 1 N–H and O–H groups in total. The van der Waals surface area contributed by atoms with Gasteiger partial charge in [0.05, 0.1) is 11.3 Å². The Morgan fingerprint density at radius 1 is 1.17 bits per heavy atom. The summed E-state index contributed by atoms with van der Waals surface area (Å²) in [6.07, 6.45) is -2.67. The maximum atomic E-state index is 12.8. The smallest absolute Gasteiger partial charge is 0.416 e.